The number of benzene rings is 1. The molecule has 1 rings (SSSR count). The van der Waals surface area contributed by atoms with E-state index < -0.39 is 0 Å². The van der Waals surface area contributed by atoms with Crippen molar-refractivity contribution in [1.82, 2.24) is 5.32 Å². The van der Waals surface area contributed by atoms with E-state index in [1.54, 1.807) is 6.92 Å². The first-order valence-corrected chi connectivity index (χ1v) is 6.01. The second kappa shape index (κ2) is 9.10. The van der Waals surface area contributed by atoms with Gasteiger partial charge in [-0.1, -0.05) is 51.1 Å². The first kappa shape index (κ1) is 14.8. The molecule has 0 radical (unpaired) electrons. The van der Waals surface area contributed by atoms with Crippen LogP contribution in [0.5, 0.6) is 0 Å². The number of rotatable bonds is 5. The quantitative estimate of drug-likeness (QED) is 0.828. The van der Waals surface area contributed by atoms with E-state index >= 15 is 0 Å². The van der Waals surface area contributed by atoms with Crippen molar-refractivity contribution in [3.63, 3.8) is 0 Å². The Morgan fingerprint density at radius 1 is 1.25 bits per heavy atom. The van der Waals surface area contributed by atoms with Gasteiger partial charge >= 0.3 is 0 Å². The van der Waals surface area contributed by atoms with Crippen molar-refractivity contribution < 1.29 is 4.79 Å². The van der Waals surface area contributed by atoms with E-state index in [1.165, 1.54) is 5.56 Å². The van der Waals surface area contributed by atoms with E-state index in [1.807, 2.05) is 51.1 Å². The number of hydrogen-bond acceptors (Lipinski definition) is 2. The van der Waals surface area contributed by atoms with Gasteiger partial charge in [0.05, 0.1) is 6.04 Å². The fourth-order valence-electron chi connectivity index (χ4n) is 1.46. The largest absolute Gasteiger partial charge is 0.307 e. The smallest absolute Gasteiger partial charge is 0.147 e. The molecule has 1 atom stereocenters. The predicted molar refractivity (Wildman–Crippen MR) is 69.6 cm³/mol. The van der Waals surface area contributed by atoms with Gasteiger partial charge in [-0.15, -0.1) is 0 Å². The second-order valence-corrected chi connectivity index (χ2v) is 3.41. The summed E-state index contributed by atoms with van der Waals surface area (Å²) < 4.78 is 0. The van der Waals surface area contributed by atoms with Crippen LogP contribution in [-0.4, -0.2) is 18.4 Å². The van der Waals surface area contributed by atoms with Gasteiger partial charge in [0, 0.05) is 0 Å². The molecule has 1 unspecified atom stereocenters. The Bertz CT molecular complexity index is 282. The molecule has 2 nitrogen and oxygen atoms in total. The lowest BCUT2D eigenvalue weighted by Crippen LogP contribution is -2.36. The van der Waals surface area contributed by atoms with Crippen LogP contribution in [0.2, 0.25) is 0 Å². The van der Waals surface area contributed by atoms with Gasteiger partial charge in [0.1, 0.15) is 5.78 Å². The molecule has 0 aliphatic rings. The fourth-order valence-corrected chi connectivity index (χ4v) is 1.46. The molecule has 1 N–H and O–H groups in total. The van der Waals surface area contributed by atoms with Crippen molar-refractivity contribution in [3.05, 3.63) is 35.9 Å². The van der Waals surface area contributed by atoms with E-state index in [-0.39, 0.29) is 11.8 Å². The topological polar surface area (TPSA) is 29.1 Å². The molecule has 0 aliphatic carbocycles. The molecule has 0 saturated carbocycles. The minimum atomic E-state index is -0.0394. The predicted octanol–water partition coefficient (Wildman–Crippen LogP) is 2.82. The molecular weight excluding hydrogens is 198 g/mol. The Hall–Kier alpha value is -1.15. The number of likely N-dealkylation sites (N-methyl/N-ethyl adjacent to an activating group) is 1. The molecule has 2 heteroatoms. The van der Waals surface area contributed by atoms with Crippen LogP contribution < -0.4 is 5.32 Å². The molecule has 0 saturated heterocycles. The Balaban J connectivity index is 0.00000106. The van der Waals surface area contributed by atoms with Crippen molar-refractivity contribution >= 4 is 5.78 Å². The molecule has 0 amide bonds. The second-order valence-electron chi connectivity index (χ2n) is 3.41. The number of nitrogens with one attached hydrogen (secondary N) is 1. The van der Waals surface area contributed by atoms with Gasteiger partial charge in [-0.2, -0.15) is 0 Å². The zero-order valence-electron chi connectivity index (χ0n) is 10.8. The highest BCUT2D eigenvalue weighted by atomic mass is 16.1. The van der Waals surface area contributed by atoms with Crippen molar-refractivity contribution in [2.45, 2.75) is 40.2 Å². The van der Waals surface area contributed by atoms with Crippen LogP contribution in [0.1, 0.15) is 33.3 Å². The van der Waals surface area contributed by atoms with Gasteiger partial charge in [0.15, 0.2) is 0 Å². The Kier molecular flexibility index (Phi) is 8.45. The number of hydrogen-bond donors (Lipinski definition) is 1. The highest BCUT2D eigenvalue weighted by molar-refractivity contribution is 5.81. The lowest BCUT2D eigenvalue weighted by molar-refractivity contribution is -0.118. The van der Waals surface area contributed by atoms with Crippen molar-refractivity contribution in [2.75, 3.05) is 6.54 Å². The van der Waals surface area contributed by atoms with Gasteiger partial charge in [-0.05, 0) is 25.5 Å². The average Bonchev–Trinajstić information content (AvgIpc) is 2.32. The van der Waals surface area contributed by atoms with Crippen LogP contribution >= 0.6 is 0 Å². The van der Waals surface area contributed by atoms with E-state index in [0.717, 1.165) is 13.0 Å². The number of Topliss-reactive ketones (excluding diaryl/α,β-unsaturated/α-hetero) is 1. The lowest BCUT2D eigenvalue weighted by atomic mass is 10.0. The van der Waals surface area contributed by atoms with Gasteiger partial charge in [-0.3, -0.25) is 4.79 Å². The maximum Gasteiger partial charge on any atom is 0.147 e. The van der Waals surface area contributed by atoms with Crippen LogP contribution in [0, 0.1) is 0 Å². The van der Waals surface area contributed by atoms with Gasteiger partial charge in [0.25, 0.3) is 0 Å². The minimum absolute atomic E-state index is 0.0394. The summed E-state index contributed by atoms with van der Waals surface area (Å²) in [5, 5.41) is 3.18. The Labute approximate surface area is 99.1 Å². The van der Waals surface area contributed by atoms with Crippen LogP contribution in [-0.2, 0) is 11.2 Å². The molecule has 16 heavy (non-hydrogen) atoms. The van der Waals surface area contributed by atoms with Crippen LogP contribution in [0.4, 0.5) is 0 Å². The van der Waals surface area contributed by atoms with Crippen molar-refractivity contribution in [2.24, 2.45) is 0 Å². The number of carbonyl (C=O) groups excluding carboxylic acids is 1. The molecule has 0 aromatic heterocycles. The summed E-state index contributed by atoms with van der Waals surface area (Å²) in [6.07, 6.45) is 0.782. The maximum absolute atomic E-state index is 11.3. The minimum Gasteiger partial charge on any atom is -0.307 e. The molecular formula is C14H23NO. The monoisotopic (exact) mass is 221 g/mol. The summed E-state index contributed by atoms with van der Waals surface area (Å²) in [7, 11) is 0. The first-order chi connectivity index (χ1) is 7.74. The molecule has 90 valence electrons. The summed E-state index contributed by atoms with van der Waals surface area (Å²) in [6, 6.07) is 10.0. The molecule has 1 aromatic carbocycles. The zero-order valence-corrected chi connectivity index (χ0v) is 10.8. The molecule has 1 aromatic rings. The van der Waals surface area contributed by atoms with E-state index in [0.29, 0.717) is 0 Å². The summed E-state index contributed by atoms with van der Waals surface area (Å²) >= 11 is 0. The van der Waals surface area contributed by atoms with Crippen molar-refractivity contribution in [3.8, 4) is 0 Å². The van der Waals surface area contributed by atoms with Gasteiger partial charge in [-0.25, -0.2) is 0 Å². The highest BCUT2D eigenvalue weighted by Gasteiger charge is 2.12. The highest BCUT2D eigenvalue weighted by Crippen LogP contribution is 2.03. The average molecular weight is 221 g/mol. The molecule has 0 heterocycles. The standard InChI is InChI=1S/C12H17NO.C2H6/c1-3-13-12(10(2)14)9-11-7-5-4-6-8-11;1-2/h4-8,12-13H,3,9H2,1-2H3;1-2H3. The van der Waals surface area contributed by atoms with E-state index in [2.05, 4.69) is 5.32 Å². The summed E-state index contributed by atoms with van der Waals surface area (Å²) in [5.74, 6) is 0.204. The van der Waals surface area contributed by atoms with E-state index in [4.69, 9.17) is 0 Å². The Morgan fingerprint density at radius 2 is 1.81 bits per heavy atom. The zero-order chi connectivity index (χ0) is 12.4. The lowest BCUT2D eigenvalue weighted by Gasteiger charge is -2.14. The molecule has 0 spiro atoms. The molecule has 0 fully saturated rings. The maximum atomic E-state index is 11.3. The SMILES string of the molecule is CC.CCNC(Cc1ccccc1)C(C)=O. The summed E-state index contributed by atoms with van der Waals surface area (Å²) in [4.78, 5) is 11.3. The van der Waals surface area contributed by atoms with Crippen LogP contribution in [0.3, 0.4) is 0 Å². The van der Waals surface area contributed by atoms with Crippen molar-refractivity contribution in [1.29, 1.82) is 0 Å². The first-order valence-electron chi connectivity index (χ1n) is 6.01. The third kappa shape index (κ3) is 5.66. The summed E-state index contributed by atoms with van der Waals surface area (Å²) in [5.41, 5.74) is 1.20. The third-order valence-corrected chi connectivity index (χ3v) is 2.22. The fraction of sp³-hybridized carbons (Fsp3) is 0.500. The number of ketones is 1. The third-order valence-electron chi connectivity index (χ3n) is 2.22. The molecule has 0 aliphatic heterocycles. The Morgan fingerprint density at radius 3 is 2.25 bits per heavy atom. The molecule has 0 bridgehead atoms. The van der Waals surface area contributed by atoms with Crippen LogP contribution in [0.15, 0.2) is 30.3 Å². The normalized spacial score (nSPS) is 11.2. The number of carbonyl (C=O) groups is 1. The summed E-state index contributed by atoms with van der Waals surface area (Å²) in [6.45, 7) is 8.48. The van der Waals surface area contributed by atoms with E-state index in [9.17, 15) is 4.79 Å². The van der Waals surface area contributed by atoms with Crippen LogP contribution in [0.25, 0.3) is 0 Å². The van der Waals surface area contributed by atoms with Gasteiger partial charge < -0.3 is 5.32 Å². The van der Waals surface area contributed by atoms with Gasteiger partial charge in [0.2, 0.25) is 0 Å².